The first-order chi connectivity index (χ1) is 9.34. The number of aromatic nitrogens is 1. The summed E-state index contributed by atoms with van der Waals surface area (Å²) in [6.07, 6.45) is 4.09. The van der Waals surface area contributed by atoms with Crippen LogP contribution in [0.4, 0.5) is 4.39 Å². The van der Waals surface area contributed by atoms with Crippen LogP contribution in [0.3, 0.4) is 0 Å². The lowest BCUT2D eigenvalue weighted by Gasteiger charge is -2.26. The Morgan fingerprint density at radius 3 is 2.89 bits per heavy atom. The maximum atomic E-state index is 13.6. The number of benzene rings is 1. The van der Waals surface area contributed by atoms with Crippen molar-refractivity contribution in [2.75, 3.05) is 32.7 Å². The van der Waals surface area contributed by atoms with Crippen molar-refractivity contribution in [2.45, 2.75) is 12.8 Å². The summed E-state index contributed by atoms with van der Waals surface area (Å²) in [5.74, 6) is -0.161. The predicted octanol–water partition coefficient (Wildman–Crippen LogP) is 2.14. The van der Waals surface area contributed by atoms with E-state index in [9.17, 15) is 4.39 Å². The van der Waals surface area contributed by atoms with Crippen molar-refractivity contribution in [1.82, 2.24) is 15.2 Å². The van der Waals surface area contributed by atoms with E-state index >= 15 is 0 Å². The molecule has 2 N–H and O–H groups in total. The van der Waals surface area contributed by atoms with Crippen LogP contribution in [-0.4, -0.2) is 42.6 Å². The molecule has 0 aliphatic carbocycles. The molecule has 3 nitrogen and oxygen atoms in total. The molecule has 1 aliphatic heterocycles. The molecule has 2 aromatic rings. The van der Waals surface area contributed by atoms with E-state index in [0.717, 1.165) is 51.0 Å². The molecule has 1 aliphatic rings. The summed E-state index contributed by atoms with van der Waals surface area (Å²) in [7, 11) is 0. The van der Waals surface area contributed by atoms with Crippen molar-refractivity contribution in [3.05, 3.63) is 35.8 Å². The molecule has 1 aromatic carbocycles. The van der Waals surface area contributed by atoms with E-state index in [1.165, 1.54) is 11.6 Å². The van der Waals surface area contributed by atoms with Gasteiger partial charge in [-0.1, -0.05) is 12.1 Å². The molecule has 4 heteroatoms. The van der Waals surface area contributed by atoms with Crippen LogP contribution in [0.5, 0.6) is 0 Å². The minimum Gasteiger partial charge on any atom is -0.359 e. The molecule has 19 heavy (non-hydrogen) atoms. The van der Waals surface area contributed by atoms with Gasteiger partial charge in [0.2, 0.25) is 0 Å². The molecule has 0 amide bonds. The highest BCUT2D eigenvalue weighted by Gasteiger charge is 2.10. The summed E-state index contributed by atoms with van der Waals surface area (Å²) >= 11 is 0. The minimum absolute atomic E-state index is 0.161. The Labute approximate surface area is 112 Å². The number of nitrogens with zero attached hydrogens (tertiary/aromatic N) is 1. The van der Waals surface area contributed by atoms with Crippen molar-refractivity contribution < 1.29 is 4.39 Å². The third kappa shape index (κ3) is 2.80. The zero-order valence-electron chi connectivity index (χ0n) is 11.1. The molecular weight excluding hydrogens is 241 g/mol. The highest BCUT2D eigenvalue weighted by molar-refractivity contribution is 5.83. The quantitative estimate of drug-likeness (QED) is 0.883. The van der Waals surface area contributed by atoms with Gasteiger partial charge in [0.15, 0.2) is 0 Å². The van der Waals surface area contributed by atoms with Crippen molar-refractivity contribution >= 4 is 10.9 Å². The number of aromatic amines is 1. The number of nitrogens with one attached hydrogen (secondary N) is 2. The van der Waals surface area contributed by atoms with Gasteiger partial charge in [-0.15, -0.1) is 0 Å². The van der Waals surface area contributed by atoms with Gasteiger partial charge in [0.25, 0.3) is 0 Å². The minimum atomic E-state index is -0.161. The zero-order chi connectivity index (χ0) is 13.1. The molecule has 102 valence electrons. The van der Waals surface area contributed by atoms with E-state index in [1.807, 2.05) is 12.3 Å². The fraction of sp³-hybridized carbons (Fsp3) is 0.467. The van der Waals surface area contributed by atoms with E-state index in [4.69, 9.17) is 0 Å². The lowest BCUT2D eigenvalue weighted by atomic mass is 10.1. The first-order valence-electron chi connectivity index (χ1n) is 7.02. The Morgan fingerprint density at radius 1 is 1.21 bits per heavy atom. The maximum Gasteiger partial charge on any atom is 0.147 e. The highest BCUT2D eigenvalue weighted by atomic mass is 19.1. The molecule has 0 saturated carbocycles. The second kappa shape index (κ2) is 5.72. The van der Waals surface area contributed by atoms with E-state index in [-0.39, 0.29) is 5.82 Å². The van der Waals surface area contributed by atoms with E-state index in [0.29, 0.717) is 5.52 Å². The number of halogens is 1. The van der Waals surface area contributed by atoms with Crippen molar-refractivity contribution in [3.8, 4) is 0 Å². The topological polar surface area (TPSA) is 31.1 Å². The SMILES string of the molecule is Fc1cccc2c(CCCN3CCNCC3)c[nH]c12. The molecule has 0 spiro atoms. The van der Waals surface area contributed by atoms with Gasteiger partial charge in [0, 0.05) is 37.8 Å². The molecule has 1 fully saturated rings. The molecule has 2 heterocycles. The van der Waals surface area contributed by atoms with Crippen LogP contribution in [0, 0.1) is 5.82 Å². The van der Waals surface area contributed by atoms with Gasteiger partial charge in [-0.3, -0.25) is 0 Å². The Bertz CT molecular complexity index is 543. The van der Waals surface area contributed by atoms with Crippen LogP contribution < -0.4 is 5.32 Å². The summed E-state index contributed by atoms with van der Waals surface area (Å²) in [6.45, 7) is 5.60. The number of hydrogen-bond donors (Lipinski definition) is 2. The molecule has 1 aromatic heterocycles. The Kier molecular flexibility index (Phi) is 3.80. The first-order valence-corrected chi connectivity index (χ1v) is 7.02. The molecular formula is C15H20FN3. The maximum absolute atomic E-state index is 13.6. The fourth-order valence-corrected chi connectivity index (χ4v) is 2.81. The van der Waals surface area contributed by atoms with Crippen LogP contribution >= 0.6 is 0 Å². The van der Waals surface area contributed by atoms with Crippen molar-refractivity contribution in [3.63, 3.8) is 0 Å². The Hall–Kier alpha value is -1.39. The molecule has 0 bridgehead atoms. The second-order valence-electron chi connectivity index (χ2n) is 5.17. The fourth-order valence-electron chi connectivity index (χ4n) is 2.81. The normalized spacial score (nSPS) is 17.1. The standard InChI is InChI=1S/C15H20FN3/c16-14-5-1-4-13-12(11-18-15(13)14)3-2-8-19-9-6-17-7-10-19/h1,4-5,11,17-18H,2-3,6-10H2. The van der Waals surface area contributed by atoms with Gasteiger partial charge in [0.1, 0.15) is 5.82 Å². The number of para-hydroxylation sites is 1. The van der Waals surface area contributed by atoms with Crippen LogP contribution in [0.2, 0.25) is 0 Å². The van der Waals surface area contributed by atoms with Crippen LogP contribution in [-0.2, 0) is 6.42 Å². The molecule has 1 saturated heterocycles. The van der Waals surface area contributed by atoms with Gasteiger partial charge < -0.3 is 15.2 Å². The van der Waals surface area contributed by atoms with Gasteiger partial charge in [-0.05, 0) is 31.0 Å². The summed E-state index contributed by atoms with van der Waals surface area (Å²) in [6, 6.07) is 5.28. The largest absolute Gasteiger partial charge is 0.359 e. The summed E-state index contributed by atoms with van der Waals surface area (Å²) in [4.78, 5) is 5.54. The lowest BCUT2D eigenvalue weighted by molar-refractivity contribution is 0.238. The van der Waals surface area contributed by atoms with Gasteiger partial charge >= 0.3 is 0 Å². The van der Waals surface area contributed by atoms with Crippen LogP contribution in [0.15, 0.2) is 24.4 Å². The van der Waals surface area contributed by atoms with Crippen LogP contribution in [0.1, 0.15) is 12.0 Å². The number of hydrogen-bond acceptors (Lipinski definition) is 2. The smallest absolute Gasteiger partial charge is 0.147 e. The summed E-state index contributed by atoms with van der Waals surface area (Å²) < 4.78 is 13.6. The number of fused-ring (bicyclic) bond motifs is 1. The Morgan fingerprint density at radius 2 is 2.05 bits per heavy atom. The number of rotatable bonds is 4. The summed E-state index contributed by atoms with van der Waals surface area (Å²) in [5.41, 5.74) is 1.87. The predicted molar refractivity (Wildman–Crippen MR) is 75.9 cm³/mol. The molecule has 0 radical (unpaired) electrons. The van der Waals surface area contributed by atoms with Crippen molar-refractivity contribution in [1.29, 1.82) is 0 Å². The summed E-state index contributed by atoms with van der Waals surface area (Å²) in [5, 5.41) is 4.39. The number of H-pyrrole nitrogens is 1. The van der Waals surface area contributed by atoms with Crippen LogP contribution in [0.25, 0.3) is 10.9 Å². The Balaban J connectivity index is 1.60. The van der Waals surface area contributed by atoms with Crippen molar-refractivity contribution in [2.24, 2.45) is 0 Å². The van der Waals surface area contributed by atoms with E-state index in [1.54, 1.807) is 6.07 Å². The highest BCUT2D eigenvalue weighted by Crippen LogP contribution is 2.21. The van der Waals surface area contributed by atoms with E-state index < -0.39 is 0 Å². The van der Waals surface area contributed by atoms with E-state index in [2.05, 4.69) is 15.2 Å². The third-order valence-corrected chi connectivity index (χ3v) is 3.88. The third-order valence-electron chi connectivity index (χ3n) is 3.88. The van der Waals surface area contributed by atoms with Gasteiger partial charge in [-0.25, -0.2) is 4.39 Å². The molecule has 0 unspecified atom stereocenters. The average Bonchev–Trinajstić information content (AvgIpc) is 2.85. The molecule has 3 rings (SSSR count). The molecule has 0 atom stereocenters. The van der Waals surface area contributed by atoms with Gasteiger partial charge in [-0.2, -0.15) is 0 Å². The first kappa shape index (κ1) is 12.6. The van der Waals surface area contributed by atoms with Gasteiger partial charge in [0.05, 0.1) is 5.52 Å². The zero-order valence-corrected chi connectivity index (χ0v) is 11.1. The number of piperazine rings is 1. The number of aryl methyl sites for hydroxylation is 1. The lowest BCUT2D eigenvalue weighted by Crippen LogP contribution is -2.43. The second-order valence-corrected chi connectivity index (χ2v) is 5.17. The monoisotopic (exact) mass is 261 g/mol. The average molecular weight is 261 g/mol.